The Morgan fingerprint density at radius 1 is 1.46 bits per heavy atom. The summed E-state index contributed by atoms with van der Waals surface area (Å²) < 4.78 is 0.903. The molecule has 1 fully saturated rings. The molecule has 0 amide bonds. The molecule has 2 rings (SSSR count). The third-order valence-electron chi connectivity index (χ3n) is 2.16. The van der Waals surface area contributed by atoms with Gasteiger partial charge in [-0.25, -0.2) is 0 Å². The van der Waals surface area contributed by atoms with E-state index in [4.69, 9.17) is 5.11 Å². The number of rotatable bonds is 2. The lowest BCUT2D eigenvalue weighted by Crippen LogP contribution is -2.48. The van der Waals surface area contributed by atoms with Crippen molar-refractivity contribution < 1.29 is 5.11 Å². The lowest BCUT2D eigenvalue weighted by atomic mass is 10.0. The molecule has 0 radical (unpaired) electrons. The number of halogens is 1. The Morgan fingerprint density at radius 2 is 2.23 bits per heavy atom. The number of hydrogen-bond acceptors (Lipinski definition) is 4. The minimum atomic E-state index is 0.272. The lowest BCUT2D eigenvalue weighted by molar-refractivity contribution is 0.200. The van der Waals surface area contributed by atoms with Crippen molar-refractivity contribution in [3.8, 4) is 0 Å². The van der Waals surface area contributed by atoms with Crippen molar-refractivity contribution in [1.82, 2.24) is 10.2 Å². The van der Waals surface area contributed by atoms with Gasteiger partial charge in [0.1, 0.15) is 3.70 Å². The summed E-state index contributed by atoms with van der Waals surface area (Å²) in [5.41, 5.74) is 0. The quantitative estimate of drug-likeness (QED) is 0.807. The first-order valence-electron chi connectivity index (χ1n) is 4.14. The van der Waals surface area contributed by atoms with Gasteiger partial charge in [0.05, 0.1) is 0 Å². The molecule has 0 atom stereocenters. The molecule has 1 aliphatic heterocycles. The van der Waals surface area contributed by atoms with Crippen molar-refractivity contribution in [2.45, 2.75) is 0 Å². The Bertz CT molecular complexity index is 284. The van der Waals surface area contributed by atoms with Crippen LogP contribution >= 0.6 is 22.6 Å². The smallest absolute Gasteiger partial charge is 0.151 e. The molecule has 0 bridgehead atoms. The van der Waals surface area contributed by atoms with E-state index in [1.54, 1.807) is 0 Å². The molecule has 0 saturated carbocycles. The summed E-state index contributed by atoms with van der Waals surface area (Å²) in [6.07, 6.45) is 0. The predicted octanol–water partition coefficient (Wildman–Crippen LogP) is 0.510. The van der Waals surface area contributed by atoms with Crippen LogP contribution in [0, 0.1) is 9.62 Å². The largest absolute Gasteiger partial charge is 0.396 e. The Kier molecular flexibility index (Phi) is 2.63. The minimum absolute atomic E-state index is 0.272. The van der Waals surface area contributed by atoms with Crippen molar-refractivity contribution in [3.05, 3.63) is 15.8 Å². The molecule has 1 aliphatic rings. The molecule has 1 saturated heterocycles. The fourth-order valence-electron chi connectivity index (χ4n) is 1.35. The zero-order chi connectivity index (χ0) is 9.26. The summed E-state index contributed by atoms with van der Waals surface area (Å²) in [7, 11) is 0. The average molecular weight is 291 g/mol. The molecule has 2 heterocycles. The second-order valence-electron chi connectivity index (χ2n) is 3.17. The zero-order valence-electron chi connectivity index (χ0n) is 7.02. The second kappa shape index (κ2) is 3.75. The van der Waals surface area contributed by atoms with E-state index in [9.17, 15) is 0 Å². The maximum absolute atomic E-state index is 8.83. The Balaban J connectivity index is 1.99. The van der Waals surface area contributed by atoms with Crippen LogP contribution in [0.3, 0.4) is 0 Å². The molecule has 70 valence electrons. The molecule has 4 nitrogen and oxygen atoms in total. The third-order valence-corrected chi connectivity index (χ3v) is 2.73. The summed E-state index contributed by atoms with van der Waals surface area (Å²) in [4.78, 5) is 2.12. The molecular formula is C8H10IN3O. The number of aliphatic hydroxyl groups excluding tert-OH is 1. The summed E-state index contributed by atoms with van der Waals surface area (Å²) in [6.45, 7) is 2.06. The minimum Gasteiger partial charge on any atom is -0.396 e. The van der Waals surface area contributed by atoms with E-state index in [0.29, 0.717) is 5.92 Å². The zero-order valence-corrected chi connectivity index (χ0v) is 9.18. The molecule has 0 aromatic carbocycles. The van der Waals surface area contributed by atoms with Gasteiger partial charge in [-0.15, -0.1) is 10.2 Å². The molecule has 5 heteroatoms. The standard InChI is InChI=1S/C8H10IN3O/c9-7-1-2-8(11-10-7)12-3-6(4-12)5-13/h1-2,6,13H,3-5H2. The van der Waals surface area contributed by atoms with Crippen molar-refractivity contribution in [1.29, 1.82) is 0 Å². The molecule has 0 aliphatic carbocycles. The molecule has 0 unspecified atom stereocenters. The highest BCUT2D eigenvalue weighted by molar-refractivity contribution is 14.1. The summed E-state index contributed by atoms with van der Waals surface area (Å²) in [5, 5.41) is 16.9. The van der Waals surface area contributed by atoms with Crippen molar-refractivity contribution in [3.63, 3.8) is 0 Å². The van der Waals surface area contributed by atoms with Gasteiger partial charge in [0.15, 0.2) is 5.82 Å². The van der Waals surface area contributed by atoms with Crippen LogP contribution in [0.25, 0.3) is 0 Å². The van der Waals surface area contributed by atoms with Crippen LogP contribution in [0.4, 0.5) is 5.82 Å². The van der Waals surface area contributed by atoms with E-state index in [0.717, 1.165) is 22.6 Å². The number of nitrogens with zero attached hydrogens (tertiary/aromatic N) is 3. The number of hydrogen-bond donors (Lipinski definition) is 1. The van der Waals surface area contributed by atoms with Gasteiger partial charge < -0.3 is 10.0 Å². The Labute approximate surface area is 90.1 Å². The molecule has 1 aromatic heterocycles. The maximum Gasteiger partial charge on any atom is 0.151 e. The van der Waals surface area contributed by atoms with Gasteiger partial charge >= 0.3 is 0 Å². The van der Waals surface area contributed by atoms with Crippen molar-refractivity contribution >= 4 is 28.4 Å². The van der Waals surface area contributed by atoms with E-state index in [1.807, 2.05) is 12.1 Å². The SMILES string of the molecule is OCC1CN(c2ccc(I)nn2)C1. The van der Waals surface area contributed by atoms with Gasteiger partial charge in [0.25, 0.3) is 0 Å². The molecule has 0 spiro atoms. The molecular weight excluding hydrogens is 281 g/mol. The van der Waals surface area contributed by atoms with Crippen LogP contribution in [0.1, 0.15) is 0 Å². The Hall–Kier alpha value is -0.430. The van der Waals surface area contributed by atoms with Gasteiger partial charge in [-0.3, -0.25) is 0 Å². The van der Waals surface area contributed by atoms with E-state index in [-0.39, 0.29) is 6.61 Å². The van der Waals surface area contributed by atoms with Gasteiger partial charge in [0.2, 0.25) is 0 Å². The summed E-state index contributed by atoms with van der Waals surface area (Å²) in [5.74, 6) is 1.33. The highest BCUT2D eigenvalue weighted by atomic mass is 127. The summed E-state index contributed by atoms with van der Waals surface area (Å²) in [6, 6.07) is 3.90. The van der Waals surface area contributed by atoms with Crippen LogP contribution in [0.2, 0.25) is 0 Å². The fraction of sp³-hybridized carbons (Fsp3) is 0.500. The van der Waals surface area contributed by atoms with Gasteiger partial charge in [-0.2, -0.15) is 0 Å². The van der Waals surface area contributed by atoms with Crippen LogP contribution in [-0.4, -0.2) is 35.0 Å². The van der Waals surface area contributed by atoms with Crippen LogP contribution in [0.5, 0.6) is 0 Å². The van der Waals surface area contributed by atoms with Crippen molar-refractivity contribution in [2.75, 3.05) is 24.6 Å². The molecule has 1 N–H and O–H groups in total. The van der Waals surface area contributed by atoms with Gasteiger partial charge in [-0.05, 0) is 34.7 Å². The van der Waals surface area contributed by atoms with Crippen LogP contribution in [-0.2, 0) is 0 Å². The highest BCUT2D eigenvalue weighted by Crippen LogP contribution is 2.21. The third kappa shape index (κ3) is 1.91. The van der Waals surface area contributed by atoms with E-state index in [2.05, 4.69) is 37.7 Å². The fourth-order valence-corrected chi connectivity index (χ4v) is 1.64. The molecule has 1 aromatic rings. The number of aromatic nitrogens is 2. The van der Waals surface area contributed by atoms with E-state index >= 15 is 0 Å². The number of aliphatic hydroxyl groups is 1. The van der Waals surface area contributed by atoms with E-state index in [1.165, 1.54) is 0 Å². The van der Waals surface area contributed by atoms with Crippen LogP contribution in [0.15, 0.2) is 12.1 Å². The molecule has 13 heavy (non-hydrogen) atoms. The van der Waals surface area contributed by atoms with E-state index < -0.39 is 0 Å². The van der Waals surface area contributed by atoms with Gasteiger partial charge in [0, 0.05) is 25.6 Å². The topological polar surface area (TPSA) is 49.2 Å². The predicted molar refractivity (Wildman–Crippen MR) is 57.5 cm³/mol. The lowest BCUT2D eigenvalue weighted by Gasteiger charge is -2.38. The second-order valence-corrected chi connectivity index (χ2v) is 4.27. The first-order valence-corrected chi connectivity index (χ1v) is 5.22. The maximum atomic E-state index is 8.83. The van der Waals surface area contributed by atoms with Crippen LogP contribution < -0.4 is 4.90 Å². The number of anilines is 1. The van der Waals surface area contributed by atoms with Gasteiger partial charge in [-0.1, -0.05) is 0 Å². The highest BCUT2D eigenvalue weighted by Gasteiger charge is 2.26. The Morgan fingerprint density at radius 3 is 2.77 bits per heavy atom. The van der Waals surface area contributed by atoms with Crippen molar-refractivity contribution in [2.24, 2.45) is 5.92 Å². The average Bonchev–Trinajstić information content (AvgIpc) is 2.06. The summed E-state index contributed by atoms with van der Waals surface area (Å²) >= 11 is 2.13. The first-order chi connectivity index (χ1) is 6.29. The monoisotopic (exact) mass is 291 g/mol. The first kappa shape index (κ1) is 9.14. The normalized spacial score (nSPS) is 17.2.